The Kier molecular flexibility index (Phi) is 6.03. The highest BCUT2D eigenvalue weighted by Gasteiger charge is 2.33. The Morgan fingerprint density at radius 3 is 2.05 bits per heavy atom. The third-order valence-corrected chi connectivity index (χ3v) is 6.75. The molecule has 114 valence electrons. The third-order valence-electron chi connectivity index (χ3n) is 3.30. The van der Waals surface area contributed by atoms with E-state index in [2.05, 4.69) is 36.6 Å². The minimum atomic E-state index is -3.79. The number of nitrogen functional groups attached to an aromatic ring is 1. The summed E-state index contributed by atoms with van der Waals surface area (Å²) in [4.78, 5) is 0.0754. The first-order valence-electron chi connectivity index (χ1n) is 6.10. The van der Waals surface area contributed by atoms with Crippen molar-refractivity contribution in [1.82, 2.24) is 4.72 Å². The van der Waals surface area contributed by atoms with Crippen molar-refractivity contribution in [3.63, 3.8) is 0 Å². The van der Waals surface area contributed by atoms with E-state index in [0.717, 1.165) is 0 Å². The van der Waals surface area contributed by atoms with Gasteiger partial charge in [-0.1, -0.05) is 13.8 Å². The lowest BCUT2D eigenvalue weighted by molar-refractivity contribution is 0.172. The molecule has 0 atom stereocenters. The number of hydrogen-bond acceptors (Lipinski definition) is 4. The standard InChI is InChI=1S/C12H18Br2N2O3S/c1-3-12(4-2,7-17)16-20(18,19)11-9(13)5-8(15)6-10(11)14/h5-6,16-17H,3-4,7,15H2,1-2H3. The molecule has 5 nitrogen and oxygen atoms in total. The van der Waals surface area contributed by atoms with E-state index < -0.39 is 15.6 Å². The molecule has 1 aromatic rings. The van der Waals surface area contributed by atoms with Gasteiger partial charge in [0, 0.05) is 14.6 Å². The third kappa shape index (κ3) is 3.73. The minimum Gasteiger partial charge on any atom is -0.399 e. The molecule has 0 aromatic heterocycles. The summed E-state index contributed by atoms with van der Waals surface area (Å²) in [5.41, 5.74) is 5.25. The first-order valence-corrected chi connectivity index (χ1v) is 9.17. The lowest BCUT2D eigenvalue weighted by Gasteiger charge is -2.30. The van der Waals surface area contributed by atoms with E-state index in [1.54, 1.807) is 0 Å². The van der Waals surface area contributed by atoms with E-state index >= 15 is 0 Å². The molecule has 8 heteroatoms. The van der Waals surface area contributed by atoms with Gasteiger partial charge in [-0.2, -0.15) is 0 Å². The minimum absolute atomic E-state index is 0.0754. The average molecular weight is 430 g/mol. The van der Waals surface area contributed by atoms with Crippen LogP contribution < -0.4 is 10.5 Å². The summed E-state index contributed by atoms with van der Waals surface area (Å²) >= 11 is 6.43. The molecule has 0 unspecified atom stereocenters. The highest BCUT2D eigenvalue weighted by molar-refractivity contribution is 9.11. The molecule has 0 fully saturated rings. The second kappa shape index (κ2) is 6.74. The number of hydrogen-bond donors (Lipinski definition) is 3. The maximum Gasteiger partial charge on any atom is 0.243 e. The van der Waals surface area contributed by atoms with Gasteiger partial charge in [-0.15, -0.1) is 0 Å². The van der Waals surface area contributed by atoms with Crippen molar-refractivity contribution in [1.29, 1.82) is 0 Å². The zero-order valence-corrected chi connectivity index (χ0v) is 15.3. The quantitative estimate of drug-likeness (QED) is 0.606. The fraction of sp³-hybridized carbons (Fsp3) is 0.500. The molecule has 0 aliphatic heterocycles. The van der Waals surface area contributed by atoms with Crippen LogP contribution in [-0.2, 0) is 10.0 Å². The second-order valence-electron chi connectivity index (χ2n) is 4.56. The molecule has 0 aliphatic rings. The number of sulfonamides is 1. The zero-order chi connectivity index (χ0) is 15.6. The lowest BCUT2D eigenvalue weighted by Crippen LogP contribution is -2.50. The van der Waals surface area contributed by atoms with E-state index in [-0.39, 0.29) is 11.5 Å². The number of benzene rings is 1. The van der Waals surface area contributed by atoms with Gasteiger partial charge in [-0.3, -0.25) is 0 Å². The summed E-state index contributed by atoms with van der Waals surface area (Å²) in [6, 6.07) is 3.05. The van der Waals surface area contributed by atoms with Crippen LogP contribution in [0, 0.1) is 0 Å². The van der Waals surface area contributed by atoms with Crippen LogP contribution in [0.1, 0.15) is 26.7 Å². The van der Waals surface area contributed by atoms with Gasteiger partial charge in [0.15, 0.2) is 0 Å². The van der Waals surface area contributed by atoms with Gasteiger partial charge in [0.1, 0.15) is 4.90 Å². The smallest absolute Gasteiger partial charge is 0.243 e. The van der Waals surface area contributed by atoms with Crippen LogP contribution in [0.2, 0.25) is 0 Å². The van der Waals surface area contributed by atoms with E-state index in [4.69, 9.17) is 5.73 Å². The maximum absolute atomic E-state index is 12.6. The van der Waals surface area contributed by atoms with Gasteiger partial charge >= 0.3 is 0 Å². The molecule has 1 aromatic carbocycles. The SMILES string of the molecule is CCC(CC)(CO)NS(=O)(=O)c1c(Br)cc(N)cc1Br. The zero-order valence-electron chi connectivity index (χ0n) is 11.3. The first-order chi connectivity index (χ1) is 9.21. The highest BCUT2D eigenvalue weighted by Crippen LogP contribution is 2.33. The Morgan fingerprint density at radius 1 is 1.25 bits per heavy atom. The number of aliphatic hydroxyl groups excluding tert-OH is 1. The molecule has 0 bridgehead atoms. The Bertz CT molecular complexity index is 555. The Balaban J connectivity index is 3.32. The summed E-state index contributed by atoms with van der Waals surface area (Å²) in [5.74, 6) is 0. The fourth-order valence-electron chi connectivity index (χ4n) is 1.82. The van der Waals surface area contributed by atoms with E-state index in [1.165, 1.54) is 12.1 Å². The summed E-state index contributed by atoms with van der Waals surface area (Å²) in [6.07, 6.45) is 0.979. The molecule has 4 N–H and O–H groups in total. The largest absolute Gasteiger partial charge is 0.399 e. The van der Waals surface area contributed by atoms with Crippen LogP contribution in [0.3, 0.4) is 0 Å². The van der Waals surface area contributed by atoms with Crippen LogP contribution in [0.15, 0.2) is 26.0 Å². The highest BCUT2D eigenvalue weighted by atomic mass is 79.9. The second-order valence-corrected chi connectivity index (χ2v) is 7.89. The number of rotatable bonds is 6. The number of anilines is 1. The average Bonchev–Trinajstić information content (AvgIpc) is 2.34. The molecule has 0 amide bonds. The summed E-state index contributed by atoms with van der Waals surface area (Å²) in [7, 11) is -3.79. The van der Waals surface area contributed by atoms with Crippen LogP contribution >= 0.6 is 31.9 Å². The number of nitrogens with one attached hydrogen (secondary N) is 1. The molecular formula is C12H18Br2N2O3S. The molecule has 1 rings (SSSR count). The van der Waals surface area contributed by atoms with Crippen molar-refractivity contribution in [3.05, 3.63) is 21.1 Å². The Labute approximate surface area is 136 Å². The van der Waals surface area contributed by atoms with Crippen LogP contribution in [0.25, 0.3) is 0 Å². The van der Waals surface area contributed by atoms with Crippen molar-refractivity contribution in [3.8, 4) is 0 Å². The molecule has 0 saturated carbocycles. The van der Waals surface area contributed by atoms with Gasteiger partial charge < -0.3 is 10.8 Å². The van der Waals surface area contributed by atoms with E-state index in [1.807, 2.05) is 13.8 Å². The van der Waals surface area contributed by atoms with Crippen LogP contribution in [-0.4, -0.2) is 25.7 Å². The van der Waals surface area contributed by atoms with E-state index in [0.29, 0.717) is 27.5 Å². The summed E-state index contributed by atoms with van der Waals surface area (Å²) < 4.78 is 28.4. The van der Waals surface area contributed by atoms with Crippen LogP contribution in [0.5, 0.6) is 0 Å². The van der Waals surface area contributed by atoms with Gasteiger partial charge in [-0.05, 0) is 56.8 Å². The Hall–Kier alpha value is -0.150. The lowest BCUT2D eigenvalue weighted by atomic mass is 9.96. The van der Waals surface area contributed by atoms with Crippen molar-refractivity contribution < 1.29 is 13.5 Å². The van der Waals surface area contributed by atoms with E-state index in [9.17, 15) is 13.5 Å². The maximum atomic E-state index is 12.6. The van der Waals surface area contributed by atoms with Crippen molar-refractivity contribution >= 4 is 47.6 Å². The molecule has 0 spiro atoms. The fourth-order valence-corrected chi connectivity index (χ4v) is 5.98. The van der Waals surface area contributed by atoms with Crippen LogP contribution in [0.4, 0.5) is 5.69 Å². The van der Waals surface area contributed by atoms with Crippen molar-refractivity contribution in [2.45, 2.75) is 37.1 Å². The van der Waals surface area contributed by atoms with Gasteiger partial charge in [0.25, 0.3) is 0 Å². The molecule has 0 heterocycles. The Morgan fingerprint density at radius 2 is 1.70 bits per heavy atom. The molecular weight excluding hydrogens is 412 g/mol. The first kappa shape index (κ1) is 17.9. The number of halogens is 2. The number of aliphatic hydroxyl groups is 1. The van der Waals surface area contributed by atoms with Crippen molar-refractivity contribution in [2.24, 2.45) is 0 Å². The topological polar surface area (TPSA) is 92.4 Å². The van der Waals surface area contributed by atoms with Gasteiger partial charge in [0.2, 0.25) is 10.0 Å². The summed E-state index contributed by atoms with van der Waals surface area (Å²) in [5, 5.41) is 9.50. The molecule has 0 radical (unpaired) electrons. The predicted octanol–water partition coefficient (Wildman–Crippen LogP) is 2.62. The number of nitrogens with two attached hydrogens (primary N) is 1. The normalized spacial score (nSPS) is 12.7. The van der Waals surface area contributed by atoms with Gasteiger partial charge in [-0.25, -0.2) is 13.1 Å². The molecule has 0 aliphatic carbocycles. The van der Waals surface area contributed by atoms with Gasteiger partial charge in [0.05, 0.1) is 12.1 Å². The summed E-state index contributed by atoms with van der Waals surface area (Å²) in [6.45, 7) is 3.40. The molecule has 20 heavy (non-hydrogen) atoms. The molecule has 0 saturated heterocycles. The van der Waals surface area contributed by atoms with Crippen molar-refractivity contribution in [2.75, 3.05) is 12.3 Å². The predicted molar refractivity (Wildman–Crippen MR) is 87.0 cm³/mol. The monoisotopic (exact) mass is 428 g/mol.